The third-order valence-electron chi connectivity index (χ3n) is 3.36. The van der Waals surface area contributed by atoms with E-state index in [4.69, 9.17) is 23.8 Å². The van der Waals surface area contributed by atoms with Crippen molar-refractivity contribution in [2.45, 2.75) is 38.9 Å². The number of ether oxygens (including phenoxy) is 1. The van der Waals surface area contributed by atoms with E-state index in [1.54, 1.807) is 12.1 Å². The second-order valence-electron chi connectivity index (χ2n) is 5.33. The Morgan fingerprint density at radius 3 is 1.70 bits per heavy atom. The topological polar surface area (TPSA) is 110 Å². The van der Waals surface area contributed by atoms with Crippen LogP contribution in [0.3, 0.4) is 0 Å². The Labute approximate surface area is 132 Å². The molecule has 7 nitrogen and oxygen atoms in total. The largest absolute Gasteiger partial charge is 0.475 e. The normalized spacial score (nSPS) is 13.7. The maximum absolute atomic E-state index is 11.0. The van der Waals surface area contributed by atoms with Crippen LogP contribution in [0.4, 0.5) is 0 Å². The van der Waals surface area contributed by atoms with Crippen molar-refractivity contribution in [3.05, 3.63) is 47.3 Å². The van der Waals surface area contributed by atoms with Crippen LogP contribution in [0.5, 0.6) is 0 Å². The van der Waals surface area contributed by atoms with Crippen LogP contribution >= 0.6 is 0 Å². The molecule has 2 aromatic rings. The molecule has 124 valence electrons. The molecule has 0 fully saturated rings. The zero-order valence-electron chi connectivity index (χ0n) is 12.8. The van der Waals surface area contributed by atoms with E-state index in [2.05, 4.69) is 0 Å². The molecule has 2 N–H and O–H groups in total. The Kier molecular flexibility index (Phi) is 5.23. The maximum atomic E-state index is 11.0. The van der Waals surface area contributed by atoms with Crippen molar-refractivity contribution < 1.29 is 33.4 Å². The van der Waals surface area contributed by atoms with Crippen molar-refractivity contribution in [3.8, 4) is 0 Å². The van der Waals surface area contributed by atoms with Gasteiger partial charge in [-0.1, -0.05) is 0 Å². The van der Waals surface area contributed by atoms with E-state index in [-0.39, 0.29) is 23.7 Å². The number of rotatable bonds is 8. The molecule has 2 aromatic heterocycles. The molecule has 0 amide bonds. The zero-order chi connectivity index (χ0) is 17.0. The van der Waals surface area contributed by atoms with Crippen molar-refractivity contribution in [2.75, 3.05) is 0 Å². The van der Waals surface area contributed by atoms with Gasteiger partial charge in [-0.15, -0.1) is 0 Å². The van der Waals surface area contributed by atoms with Gasteiger partial charge in [0.25, 0.3) is 0 Å². The summed E-state index contributed by atoms with van der Waals surface area (Å²) in [5.41, 5.74) is 1.12. The van der Waals surface area contributed by atoms with E-state index < -0.39 is 11.9 Å². The average molecular weight is 322 g/mol. The van der Waals surface area contributed by atoms with Crippen molar-refractivity contribution in [1.82, 2.24) is 0 Å². The molecule has 0 saturated carbocycles. The number of carboxylic acid groups (broad SMARTS) is 2. The molecule has 0 aromatic carbocycles. The van der Waals surface area contributed by atoms with Crippen LogP contribution in [0.2, 0.25) is 0 Å². The Morgan fingerprint density at radius 1 is 0.957 bits per heavy atom. The molecule has 2 heterocycles. The number of carbonyl (C=O) groups is 2. The highest BCUT2D eigenvalue weighted by Gasteiger charge is 2.20. The molecular weight excluding hydrogens is 304 g/mol. The second kappa shape index (κ2) is 7.15. The second-order valence-corrected chi connectivity index (χ2v) is 5.33. The van der Waals surface area contributed by atoms with Gasteiger partial charge < -0.3 is 23.8 Å². The van der Waals surface area contributed by atoms with Gasteiger partial charge in [-0.25, -0.2) is 9.59 Å². The fourth-order valence-electron chi connectivity index (χ4n) is 2.48. The summed E-state index contributed by atoms with van der Waals surface area (Å²) < 4.78 is 15.7. The smallest absolute Gasteiger partial charge is 0.372 e. The van der Waals surface area contributed by atoms with Crippen LogP contribution in [0, 0.1) is 0 Å². The molecule has 0 aliphatic rings. The Balaban J connectivity index is 1.93. The molecular formula is C16H18O7. The Hall–Kier alpha value is -2.54. The van der Waals surface area contributed by atoms with Crippen LogP contribution in [-0.2, 0) is 17.6 Å². The summed E-state index contributed by atoms with van der Waals surface area (Å²) in [7, 11) is 0. The summed E-state index contributed by atoms with van der Waals surface area (Å²) in [6.45, 7) is 3.64. The molecule has 2 unspecified atom stereocenters. The summed E-state index contributed by atoms with van der Waals surface area (Å²) >= 11 is 0. The van der Waals surface area contributed by atoms with E-state index in [9.17, 15) is 9.59 Å². The van der Waals surface area contributed by atoms with Gasteiger partial charge in [-0.05, 0) is 26.0 Å². The van der Waals surface area contributed by atoms with Gasteiger partial charge >= 0.3 is 11.9 Å². The first-order valence-corrected chi connectivity index (χ1v) is 7.13. The summed E-state index contributed by atoms with van der Waals surface area (Å²) in [5, 5.41) is 18.0. The van der Waals surface area contributed by atoms with Crippen molar-refractivity contribution in [3.63, 3.8) is 0 Å². The highest BCUT2D eigenvalue weighted by atomic mass is 16.5. The van der Waals surface area contributed by atoms with Gasteiger partial charge in [-0.3, -0.25) is 0 Å². The van der Waals surface area contributed by atoms with Crippen LogP contribution in [0.15, 0.2) is 33.5 Å². The summed E-state index contributed by atoms with van der Waals surface area (Å²) in [4.78, 5) is 22.0. The number of hydrogen-bond acceptors (Lipinski definition) is 5. The average Bonchev–Trinajstić information content (AvgIpc) is 3.07. The highest BCUT2D eigenvalue weighted by Crippen LogP contribution is 2.18. The quantitative estimate of drug-likeness (QED) is 0.768. The fraction of sp³-hybridized carbons (Fsp3) is 0.375. The van der Waals surface area contributed by atoms with Gasteiger partial charge in [0.1, 0.15) is 0 Å². The molecule has 2 rings (SSSR count). The molecule has 0 saturated heterocycles. The van der Waals surface area contributed by atoms with Gasteiger partial charge in [0.05, 0.1) is 24.7 Å². The van der Waals surface area contributed by atoms with Crippen molar-refractivity contribution in [1.29, 1.82) is 0 Å². The van der Waals surface area contributed by atoms with Crippen LogP contribution in [0.1, 0.15) is 46.1 Å². The fourth-order valence-corrected chi connectivity index (χ4v) is 2.48. The first-order chi connectivity index (χ1) is 10.9. The lowest BCUT2D eigenvalue weighted by Gasteiger charge is -2.18. The van der Waals surface area contributed by atoms with Gasteiger partial charge in [-0.2, -0.15) is 0 Å². The first-order valence-electron chi connectivity index (χ1n) is 7.13. The number of aromatic carboxylic acids is 2. The summed E-state index contributed by atoms with van der Waals surface area (Å²) in [5.74, 6) is -2.41. The predicted molar refractivity (Wildman–Crippen MR) is 78.8 cm³/mol. The third kappa shape index (κ3) is 4.23. The summed E-state index contributed by atoms with van der Waals surface area (Å²) in [6, 6.07) is 3.21. The molecule has 0 bridgehead atoms. The molecule has 0 radical (unpaired) electrons. The number of carboxylic acids is 2. The van der Waals surface area contributed by atoms with Crippen LogP contribution in [-0.4, -0.2) is 34.4 Å². The molecule has 0 aliphatic heterocycles. The standard InChI is InChI=1S/C16H18O7/c1-9(7-11-3-5-21-13(11)15(17)18)23-10(2)8-12-4-6-22-14(12)16(19)20/h3-6,9-10H,7-8H2,1-2H3,(H,17,18)(H,19,20). The first kappa shape index (κ1) is 16.8. The zero-order valence-corrected chi connectivity index (χ0v) is 12.8. The minimum atomic E-state index is -1.12. The Morgan fingerprint density at radius 2 is 1.35 bits per heavy atom. The summed E-state index contributed by atoms with van der Waals surface area (Å²) in [6.07, 6.45) is 2.94. The monoisotopic (exact) mass is 322 g/mol. The van der Waals surface area contributed by atoms with Crippen molar-refractivity contribution >= 4 is 11.9 Å². The third-order valence-corrected chi connectivity index (χ3v) is 3.36. The Bertz CT molecular complexity index is 624. The van der Waals surface area contributed by atoms with Gasteiger partial charge in [0.15, 0.2) is 0 Å². The minimum absolute atomic E-state index is 0.0869. The molecule has 7 heteroatoms. The van der Waals surface area contributed by atoms with Crippen LogP contribution in [0.25, 0.3) is 0 Å². The van der Waals surface area contributed by atoms with Crippen LogP contribution < -0.4 is 0 Å². The molecule has 2 atom stereocenters. The SMILES string of the molecule is CC(Cc1ccoc1C(=O)O)OC(C)Cc1ccoc1C(=O)O. The van der Waals surface area contributed by atoms with E-state index in [1.165, 1.54) is 12.5 Å². The lowest BCUT2D eigenvalue weighted by molar-refractivity contribution is 0.00898. The molecule has 0 aliphatic carbocycles. The lowest BCUT2D eigenvalue weighted by Crippen LogP contribution is -2.22. The van der Waals surface area contributed by atoms with E-state index >= 15 is 0 Å². The van der Waals surface area contributed by atoms with Gasteiger partial charge in [0.2, 0.25) is 11.5 Å². The van der Waals surface area contributed by atoms with E-state index in [0.29, 0.717) is 24.0 Å². The number of furan rings is 2. The highest BCUT2D eigenvalue weighted by molar-refractivity contribution is 5.86. The van der Waals surface area contributed by atoms with E-state index in [0.717, 1.165) is 0 Å². The van der Waals surface area contributed by atoms with E-state index in [1.807, 2.05) is 13.8 Å². The minimum Gasteiger partial charge on any atom is -0.475 e. The maximum Gasteiger partial charge on any atom is 0.372 e. The molecule has 0 spiro atoms. The molecule has 23 heavy (non-hydrogen) atoms. The lowest BCUT2D eigenvalue weighted by atomic mass is 10.1. The van der Waals surface area contributed by atoms with Gasteiger partial charge in [0, 0.05) is 24.0 Å². The van der Waals surface area contributed by atoms with Crippen molar-refractivity contribution in [2.24, 2.45) is 0 Å². The predicted octanol–water partition coefficient (Wildman–Crippen LogP) is 2.85. The number of hydrogen-bond donors (Lipinski definition) is 2.